The maximum atomic E-state index is 15.2. The van der Waals surface area contributed by atoms with Crippen LogP contribution in [0, 0.1) is 12.8 Å². The van der Waals surface area contributed by atoms with Crippen molar-refractivity contribution in [1.82, 2.24) is 24.6 Å². The first kappa shape index (κ1) is 29.8. The number of aliphatic hydroxyl groups is 1. The Bertz CT molecular complexity index is 1200. The van der Waals surface area contributed by atoms with Crippen molar-refractivity contribution in [3.8, 4) is 0 Å². The van der Waals surface area contributed by atoms with E-state index in [1.807, 2.05) is 13.8 Å². The molecule has 2 aromatic heterocycles. The molecule has 1 fully saturated rings. The molecule has 6 unspecified atom stereocenters. The van der Waals surface area contributed by atoms with Gasteiger partial charge in [-0.25, -0.2) is 33.8 Å². The van der Waals surface area contributed by atoms with Crippen molar-refractivity contribution in [2.45, 2.75) is 57.8 Å². The van der Waals surface area contributed by atoms with E-state index in [0.717, 1.165) is 14.2 Å². The molecule has 0 saturated carbocycles. The summed E-state index contributed by atoms with van der Waals surface area (Å²) in [4.78, 5) is 36.2. The van der Waals surface area contributed by atoms with E-state index >= 15 is 4.39 Å². The standard InChI is InChI=1S/C21H32FN6O9P/c1-10(2)6-12(21(31)34-5)27-38(32,36-8-14(29)33-4)35-7-13-17(30)15(22)20(37-13)28-9-24-16-18(23)25-11(3)26-19(16)28/h9-10,12-13,15,17,20,30H,6-8H2,1-5H3,(H,27,32)(H2,23,25,26). The number of carbonyl (C=O) groups is 2. The number of nitrogen functional groups attached to an aromatic ring is 1. The number of hydrogen-bond acceptors (Lipinski definition) is 13. The Balaban J connectivity index is 1.79. The van der Waals surface area contributed by atoms with Gasteiger partial charge in [-0.2, -0.15) is 0 Å². The molecule has 212 valence electrons. The second-order valence-corrected chi connectivity index (χ2v) is 10.7. The van der Waals surface area contributed by atoms with E-state index in [2.05, 4.69) is 24.8 Å². The lowest BCUT2D eigenvalue weighted by atomic mass is 10.1. The fourth-order valence-electron chi connectivity index (χ4n) is 3.79. The Morgan fingerprint density at radius 2 is 2.00 bits per heavy atom. The molecular weight excluding hydrogens is 530 g/mol. The SMILES string of the molecule is COC(=O)COP(=O)(NC(CC(C)C)C(=O)OC)OCC1OC(n2cnc3c(N)nc(C)nc32)C(F)C1O. The molecule has 1 aliphatic heterocycles. The van der Waals surface area contributed by atoms with Crippen molar-refractivity contribution >= 4 is 36.7 Å². The summed E-state index contributed by atoms with van der Waals surface area (Å²) in [5.74, 6) is -1.22. The number of ether oxygens (including phenoxy) is 3. The van der Waals surface area contributed by atoms with Gasteiger partial charge < -0.3 is 25.1 Å². The number of aryl methyl sites for hydroxylation is 1. The lowest BCUT2D eigenvalue weighted by Gasteiger charge is -2.26. The van der Waals surface area contributed by atoms with E-state index < -0.39 is 63.5 Å². The maximum Gasteiger partial charge on any atom is 0.406 e. The predicted octanol–water partition coefficient (Wildman–Crippen LogP) is 0.805. The predicted molar refractivity (Wildman–Crippen MR) is 129 cm³/mol. The Labute approximate surface area is 217 Å². The van der Waals surface area contributed by atoms with Crippen LogP contribution in [0.3, 0.4) is 0 Å². The van der Waals surface area contributed by atoms with Gasteiger partial charge >= 0.3 is 19.7 Å². The molecule has 0 aromatic carbocycles. The number of methoxy groups -OCH3 is 2. The zero-order chi connectivity index (χ0) is 28.2. The van der Waals surface area contributed by atoms with Crippen LogP contribution in [-0.4, -0.2) is 88.4 Å². The van der Waals surface area contributed by atoms with E-state index in [1.165, 1.54) is 10.9 Å². The molecule has 3 heterocycles. The van der Waals surface area contributed by atoms with Gasteiger partial charge in [0.05, 0.1) is 27.2 Å². The second kappa shape index (κ2) is 12.4. The molecule has 1 aliphatic rings. The highest BCUT2D eigenvalue weighted by molar-refractivity contribution is 7.51. The largest absolute Gasteiger partial charge is 0.468 e. The first-order chi connectivity index (χ1) is 17.9. The summed E-state index contributed by atoms with van der Waals surface area (Å²) >= 11 is 0. The van der Waals surface area contributed by atoms with Crippen molar-refractivity contribution in [3.63, 3.8) is 0 Å². The third-order valence-corrected chi connectivity index (χ3v) is 7.21. The molecule has 15 nitrogen and oxygen atoms in total. The van der Waals surface area contributed by atoms with Crippen LogP contribution in [0.15, 0.2) is 6.33 Å². The normalized spacial score (nSPS) is 23.9. The summed E-state index contributed by atoms with van der Waals surface area (Å²) in [6.07, 6.45) is -4.92. The van der Waals surface area contributed by atoms with Gasteiger partial charge in [-0.3, -0.25) is 18.4 Å². The molecule has 6 atom stereocenters. The summed E-state index contributed by atoms with van der Waals surface area (Å²) in [6, 6.07) is -1.12. The Morgan fingerprint density at radius 1 is 1.29 bits per heavy atom. The lowest BCUT2D eigenvalue weighted by molar-refractivity contribution is -0.143. The number of halogens is 1. The van der Waals surface area contributed by atoms with E-state index in [0.29, 0.717) is 5.82 Å². The minimum atomic E-state index is -4.42. The number of imidazole rings is 1. The van der Waals surface area contributed by atoms with Crippen molar-refractivity contribution < 1.29 is 46.9 Å². The molecular formula is C21H32FN6O9P. The number of rotatable bonds is 12. The maximum absolute atomic E-state index is 15.2. The zero-order valence-electron chi connectivity index (χ0n) is 21.6. The molecule has 17 heteroatoms. The van der Waals surface area contributed by atoms with Crippen LogP contribution in [0.2, 0.25) is 0 Å². The summed E-state index contributed by atoms with van der Waals surface area (Å²) < 4.78 is 55.4. The minimum absolute atomic E-state index is 0.0276. The third kappa shape index (κ3) is 6.81. The van der Waals surface area contributed by atoms with Crippen LogP contribution < -0.4 is 10.8 Å². The lowest BCUT2D eigenvalue weighted by Crippen LogP contribution is -2.39. The van der Waals surface area contributed by atoms with E-state index in [-0.39, 0.29) is 29.3 Å². The molecule has 0 bridgehead atoms. The number of nitrogens with zero attached hydrogens (tertiary/aromatic N) is 4. The summed E-state index contributed by atoms with van der Waals surface area (Å²) in [7, 11) is -2.16. The smallest absolute Gasteiger partial charge is 0.406 e. The highest BCUT2D eigenvalue weighted by Crippen LogP contribution is 2.46. The van der Waals surface area contributed by atoms with Gasteiger partial charge in [0.25, 0.3) is 0 Å². The topological polar surface area (TPSA) is 199 Å². The Hall–Kier alpha value is -2.75. The number of esters is 2. The van der Waals surface area contributed by atoms with Crippen molar-refractivity contribution in [1.29, 1.82) is 0 Å². The highest BCUT2D eigenvalue weighted by atomic mass is 31.2. The van der Waals surface area contributed by atoms with E-state index in [1.54, 1.807) is 6.92 Å². The average molecular weight is 562 g/mol. The molecule has 2 aromatic rings. The quantitative estimate of drug-likeness (QED) is 0.242. The molecule has 1 saturated heterocycles. The molecule has 0 aliphatic carbocycles. The number of anilines is 1. The number of carbonyl (C=O) groups excluding carboxylic acids is 2. The first-order valence-electron chi connectivity index (χ1n) is 11.6. The summed E-state index contributed by atoms with van der Waals surface area (Å²) in [5, 5.41) is 13.0. The van der Waals surface area contributed by atoms with Gasteiger partial charge in [0.1, 0.15) is 29.6 Å². The van der Waals surface area contributed by atoms with Crippen molar-refractivity contribution in [2.24, 2.45) is 5.92 Å². The van der Waals surface area contributed by atoms with Crippen LogP contribution in [0.4, 0.5) is 10.2 Å². The van der Waals surface area contributed by atoms with Crippen LogP contribution in [0.25, 0.3) is 11.2 Å². The van der Waals surface area contributed by atoms with Crippen molar-refractivity contribution in [3.05, 3.63) is 12.2 Å². The monoisotopic (exact) mass is 562 g/mol. The van der Waals surface area contributed by atoms with Crippen LogP contribution >= 0.6 is 7.75 Å². The molecule has 0 amide bonds. The highest BCUT2D eigenvalue weighted by Gasteiger charge is 2.47. The number of aliphatic hydroxyl groups excluding tert-OH is 1. The van der Waals surface area contributed by atoms with Gasteiger partial charge in [0, 0.05) is 0 Å². The van der Waals surface area contributed by atoms with Crippen molar-refractivity contribution in [2.75, 3.05) is 33.2 Å². The number of aromatic nitrogens is 4. The number of nitrogens with two attached hydrogens (primary N) is 1. The zero-order valence-corrected chi connectivity index (χ0v) is 22.5. The number of fused-ring (bicyclic) bond motifs is 1. The van der Waals surface area contributed by atoms with Gasteiger partial charge in [0.2, 0.25) is 0 Å². The van der Waals surface area contributed by atoms with Gasteiger partial charge in [-0.05, 0) is 19.3 Å². The van der Waals surface area contributed by atoms with E-state index in [9.17, 15) is 19.3 Å². The van der Waals surface area contributed by atoms with Crippen LogP contribution in [-0.2, 0) is 37.4 Å². The number of alkyl halides is 1. The van der Waals surface area contributed by atoms with Gasteiger partial charge in [-0.15, -0.1) is 0 Å². The summed E-state index contributed by atoms with van der Waals surface area (Å²) in [6.45, 7) is 3.83. The number of hydrogen-bond donors (Lipinski definition) is 3. The Kier molecular flexibility index (Phi) is 9.73. The molecule has 3 rings (SSSR count). The Morgan fingerprint density at radius 3 is 2.63 bits per heavy atom. The molecule has 4 N–H and O–H groups in total. The summed E-state index contributed by atoms with van der Waals surface area (Å²) in [5.41, 5.74) is 6.29. The average Bonchev–Trinajstić information content (AvgIpc) is 3.41. The fraction of sp³-hybridized carbons (Fsp3) is 0.667. The fourth-order valence-corrected chi connectivity index (χ4v) is 5.22. The van der Waals surface area contributed by atoms with Crippen LogP contribution in [0.1, 0.15) is 32.3 Å². The number of nitrogens with one attached hydrogen (secondary N) is 1. The molecule has 38 heavy (non-hydrogen) atoms. The molecule has 0 radical (unpaired) electrons. The van der Waals surface area contributed by atoms with Crippen LogP contribution in [0.5, 0.6) is 0 Å². The molecule has 0 spiro atoms. The van der Waals surface area contributed by atoms with Gasteiger partial charge in [0.15, 0.2) is 30.5 Å². The third-order valence-electron chi connectivity index (χ3n) is 5.62. The first-order valence-corrected chi connectivity index (χ1v) is 13.2. The van der Waals surface area contributed by atoms with E-state index in [4.69, 9.17) is 24.3 Å². The second-order valence-electron chi connectivity index (χ2n) is 8.96. The minimum Gasteiger partial charge on any atom is -0.468 e. The van der Waals surface area contributed by atoms with Gasteiger partial charge in [-0.1, -0.05) is 13.8 Å².